The molecule has 7 nitrogen and oxygen atoms in total. The van der Waals surface area contributed by atoms with E-state index in [1.165, 1.54) is 18.4 Å². The van der Waals surface area contributed by atoms with Crippen LogP contribution >= 0.6 is 11.3 Å². The molecule has 0 aliphatic carbocycles. The van der Waals surface area contributed by atoms with Crippen molar-refractivity contribution in [1.29, 1.82) is 0 Å². The molecular formula is C18H29N3O4S. The molecule has 26 heavy (non-hydrogen) atoms. The Morgan fingerprint density at radius 1 is 1.31 bits per heavy atom. The minimum atomic E-state index is -0.507. The molecule has 1 aliphatic rings. The molecule has 1 aromatic heterocycles. The van der Waals surface area contributed by atoms with E-state index in [9.17, 15) is 9.59 Å². The maximum atomic E-state index is 12.5. The molecule has 146 valence electrons. The fraction of sp³-hybridized carbons (Fsp3) is 0.722. The molecule has 1 aromatic rings. The van der Waals surface area contributed by atoms with E-state index in [4.69, 9.17) is 9.47 Å². The normalized spacial score (nSPS) is 14.8. The summed E-state index contributed by atoms with van der Waals surface area (Å²) in [5, 5.41) is 0.805. The Morgan fingerprint density at radius 2 is 1.96 bits per heavy atom. The molecule has 1 amide bonds. The summed E-state index contributed by atoms with van der Waals surface area (Å²) >= 11 is 1.35. The summed E-state index contributed by atoms with van der Waals surface area (Å²) in [6.07, 6.45) is 1.28. The van der Waals surface area contributed by atoms with Crippen molar-refractivity contribution in [2.24, 2.45) is 0 Å². The van der Waals surface area contributed by atoms with Crippen molar-refractivity contribution in [2.45, 2.75) is 59.1 Å². The average Bonchev–Trinajstić information content (AvgIpc) is 2.94. The van der Waals surface area contributed by atoms with Gasteiger partial charge in [0.1, 0.15) is 10.5 Å². The summed E-state index contributed by atoms with van der Waals surface area (Å²) in [7, 11) is 1.38. The van der Waals surface area contributed by atoms with Crippen LogP contribution in [0.5, 0.6) is 0 Å². The summed E-state index contributed by atoms with van der Waals surface area (Å²) in [5.74, 6) is -0.343. The van der Waals surface area contributed by atoms with Crippen LogP contribution in [0.4, 0.5) is 9.93 Å². The Hall–Kier alpha value is -1.83. The number of hydrogen-bond acceptors (Lipinski definition) is 7. The first-order chi connectivity index (χ1) is 12.2. The average molecular weight is 384 g/mol. The molecule has 0 unspecified atom stereocenters. The van der Waals surface area contributed by atoms with E-state index in [-0.39, 0.29) is 18.1 Å². The van der Waals surface area contributed by atoms with Gasteiger partial charge >= 0.3 is 12.1 Å². The van der Waals surface area contributed by atoms with Crippen molar-refractivity contribution in [3.8, 4) is 0 Å². The van der Waals surface area contributed by atoms with Gasteiger partial charge in [0.25, 0.3) is 0 Å². The minimum absolute atomic E-state index is 0.0975. The fourth-order valence-corrected chi connectivity index (χ4v) is 3.85. The maximum absolute atomic E-state index is 12.5. The number of amides is 1. The lowest BCUT2D eigenvalue weighted by molar-refractivity contribution is 0.0131. The summed E-state index contributed by atoms with van der Waals surface area (Å²) in [5.41, 5.74) is 0.255. The number of thiazole rings is 1. The standard InChI is InChI=1S/C18H29N3O4S/c1-7-9-21(17(23)25-18(3,4)5)12-10-20(11-12)16-19-13(8-2)14(26-16)15(22)24-6/h12H,7-11H2,1-6H3. The number of nitrogens with zero attached hydrogens (tertiary/aromatic N) is 3. The van der Waals surface area contributed by atoms with Crippen molar-refractivity contribution in [3.63, 3.8) is 0 Å². The van der Waals surface area contributed by atoms with Gasteiger partial charge in [-0.3, -0.25) is 0 Å². The zero-order valence-corrected chi connectivity index (χ0v) is 17.3. The van der Waals surface area contributed by atoms with Gasteiger partial charge in [0.05, 0.1) is 18.8 Å². The number of anilines is 1. The molecule has 0 spiro atoms. The van der Waals surface area contributed by atoms with E-state index in [1.54, 1.807) is 4.90 Å². The largest absolute Gasteiger partial charge is 0.465 e. The Balaban J connectivity index is 2.05. The van der Waals surface area contributed by atoms with Gasteiger partial charge in [-0.15, -0.1) is 0 Å². The van der Waals surface area contributed by atoms with Crippen molar-refractivity contribution in [2.75, 3.05) is 31.6 Å². The lowest BCUT2D eigenvalue weighted by atomic mass is 10.1. The molecule has 1 saturated heterocycles. The van der Waals surface area contributed by atoms with Crippen LogP contribution in [-0.4, -0.2) is 60.3 Å². The molecule has 0 radical (unpaired) electrons. The molecule has 8 heteroatoms. The molecule has 0 N–H and O–H groups in total. The smallest absolute Gasteiger partial charge is 0.410 e. The SMILES string of the molecule is CCCN(C(=O)OC(C)(C)C)C1CN(c2nc(CC)c(C(=O)OC)s2)C1. The first kappa shape index (κ1) is 20.5. The number of aromatic nitrogens is 1. The molecule has 0 atom stereocenters. The number of esters is 1. The number of methoxy groups -OCH3 is 1. The quantitative estimate of drug-likeness (QED) is 0.702. The Bertz CT molecular complexity index is 647. The van der Waals surface area contributed by atoms with Crippen LogP contribution < -0.4 is 4.90 Å². The van der Waals surface area contributed by atoms with E-state index < -0.39 is 5.60 Å². The van der Waals surface area contributed by atoms with Crippen LogP contribution in [0.2, 0.25) is 0 Å². The zero-order chi connectivity index (χ0) is 19.5. The van der Waals surface area contributed by atoms with Crippen molar-refractivity contribution in [1.82, 2.24) is 9.88 Å². The maximum Gasteiger partial charge on any atom is 0.410 e. The summed E-state index contributed by atoms with van der Waals surface area (Å²) < 4.78 is 10.4. The van der Waals surface area contributed by atoms with Gasteiger partial charge in [-0.05, 0) is 33.6 Å². The van der Waals surface area contributed by atoms with E-state index in [2.05, 4.69) is 9.88 Å². The van der Waals surface area contributed by atoms with Crippen LogP contribution in [0.1, 0.15) is 56.4 Å². The van der Waals surface area contributed by atoms with E-state index in [1.807, 2.05) is 34.6 Å². The van der Waals surface area contributed by atoms with Gasteiger partial charge in [0.2, 0.25) is 0 Å². The third-order valence-corrected chi connectivity index (χ3v) is 5.20. The van der Waals surface area contributed by atoms with E-state index in [0.717, 1.165) is 17.2 Å². The molecule has 2 rings (SSSR count). The Kier molecular flexibility index (Phi) is 6.49. The van der Waals surface area contributed by atoms with Crippen LogP contribution in [-0.2, 0) is 15.9 Å². The van der Waals surface area contributed by atoms with Crippen molar-refractivity contribution >= 4 is 28.5 Å². The van der Waals surface area contributed by atoms with Gasteiger partial charge in [0.15, 0.2) is 5.13 Å². The number of carbonyl (C=O) groups is 2. The van der Waals surface area contributed by atoms with Gasteiger partial charge in [-0.2, -0.15) is 0 Å². The van der Waals surface area contributed by atoms with Crippen LogP contribution in [0.3, 0.4) is 0 Å². The minimum Gasteiger partial charge on any atom is -0.465 e. The second-order valence-corrected chi connectivity index (χ2v) is 8.33. The number of rotatable bonds is 6. The number of hydrogen-bond donors (Lipinski definition) is 0. The first-order valence-electron chi connectivity index (χ1n) is 9.02. The highest BCUT2D eigenvalue weighted by molar-refractivity contribution is 7.17. The monoisotopic (exact) mass is 383 g/mol. The van der Waals surface area contributed by atoms with Gasteiger partial charge in [-0.1, -0.05) is 25.2 Å². The van der Waals surface area contributed by atoms with Crippen LogP contribution in [0.25, 0.3) is 0 Å². The van der Waals surface area contributed by atoms with E-state index >= 15 is 0 Å². The molecule has 0 saturated carbocycles. The lowest BCUT2D eigenvalue weighted by Crippen LogP contribution is -2.61. The summed E-state index contributed by atoms with van der Waals surface area (Å²) in [6, 6.07) is 0.0975. The summed E-state index contributed by atoms with van der Waals surface area (Å²) in [6.45, 7) is 11.7. The Labute approximate surface area is 159 Å². The van der Waals surface area contributed by atoms with Crippen molar-refractivity contribution < 1.29 is 19.1 Å². The van der Waals surface area contributed by atoms with Crippen molar-refractivity contribution in [3.05, 3.63) is 10.6 Å². The fourth-order valence-electron chi connectivity index (χ4n) is 2.76. The first-order valence-corrected chi connectivity index (χ1v) is 9.84. The zero-order valence-electron chi connectivity index (χ0n) is 16.5. The molecule has 0 bridgehead atoms. The number of carbonyl (C=O) groups excluding carboxylic acids is 2. The molecule has 1 fully saturated rings. The van der Waals surface area contributed by atoms with Crippen LogP contribution in [0.15, 0.2) is 0 Å². The predicted molar refractivity (Wildman–Crippen MR) is 102 cm³/mol. The second kappa shape index (κ2) is 8.24. The predicted octanol–water partition coefficient (Wildman–Crippen LogP) is 3.33. The molecule has 2 heterocycles. The third kappa shape index (κ3) is 4.66. The number of ether oxygens (including phenoxy) is 2. The topological polar surface area (TPSA) is 72.0 Å². The van der Waals surface area contributed by atoms with E-state index in [0.29, 0.717) is 30.9 Å². The van der Waals surface area contributed by atoms with Gasteiger partial charge in [0, 0.05) is 19.6 Å². The molecule has 1 aliphatic heterocycles. The summed E-state index contributed by atoms with van der Waals surface area (Å²) in [4.78, 5) is 33.4. The number of aryl methyl sites for hydroxylation is 1. The van der Waals surface area contributed by atoms with Crippen LogP contribution in [0, 0.1) is 0 Å². The van der Waals surface area contributed by atoms with Gasteiger partial charge < -0.3 is 19.3 Å². The highest BCUT2D eigenvalue weighted by Crippen LogP contribution is 2.32. The Morgan fingerprint density at radius 3 is 2.46 bits per heavy atom. The molecule has 0 aromatic carbocycles. The lowest BCUT2D eigenvalue weighted by Gasteiger charge is -2.45. The van der Waals surface area contributed by atoms with Gasteiger partial charge in [-0.25, -0.2) is 14.6 Å². The highest BCUT2D eigenvalue weighted by atomic mass is 32.1. The highest BCUT2D eigenvalue weighted by Gasteiger charge is 2.38. The molecular weight excluding hydrogens is 354 g/mol. The third-order valence-electron chi connectivity index (χ3n) is 4.06. The second-order valence-electron chi connectivity index (χ2n) is 7.35.